The minimum atomic E-state index is -3.22. The van der Waals surface area contributed by atoms with Crippen LogP contribution in [-0.4, -0.2) is 21.0 Å². The summed E-state index contributed by atoms with van der Waals surface area (Å²) in [7, 11) is -3.22. The first-order valence-corrected chi connectivity index (χ1v) is 5.89. The lowest BCUT2D eigenvalue weighted by Gasteiger charge is -2.11. The van der Waals surface area contributed by atoms with Crippen LogP contribution in [0.4, 0.5) is 0 Å². The molecule has 12 heavy (non-hydrogen) atoms. The van der Waals surface area contributed by atoms with Crippen LogP contribution in [0, 0.1) is 0 Å². The van der Waals surface area contributed by atoms with Crippen molar-refractivity contribution >= 4 is 10.2 Å². The molecule has 0 aromatic heterocycles. The lowest BCUT2D eigenvalue weighted by Crippen LogP contribution is -2.41. The number of hydrogen-bond acceptors (Lipinski definition) is 2. The average Bonchev–Trinajstić information content (AvgIpc) is 2.38. The van der Waals surface area contributed by atoms with Crippen LogP contribution in [0.1, 0.15) is 32.6 Å². The van der Waals surface area contributed by atoms with E-state index in [-0.39, 0.29) is 6.04 Å². The van der Waals surface area contributed by atoms with E-state index >= 15 is 0 Å². The van der Waals surface area contributed by atoms with E-state index in [1.807, 2.05) is 0 Å². The second-order valence-electron chi connectivity index (χ2n) is 3.10. The highest BCUT2D eigenvalue weighted by Crippen LogP contribution is 2.17. The van der Waals surface area contributed by atoms with Gasteiger partial charge in [0.25, 0.3) is 10.2 Å². The van der Waals surface area contributed by atoms with Gasteiger partial charge in [0.05, 0.1) is 0 Å². The molecule has 0 aromatic carbocycles. The molecule has 0 radical (unpaired) electrons. The van der Waals surface area contributed by atoms with Crippen molar-refractivity contribution in [2.45, 2.75) is 38.6 Å². The summed E-state index contributed by atoms with van der Waals surface area (Å²) in [5.41, 5.74) is 0. The zero-order chi connectivity index (χ0) is 9.03. The van der Waals surface area contributed by atoms with Crippen LogP contribution < -0.4 is 9.44 Å². The van der Waals surface area contributed by atoms with Crippen LogP contribution in [-0.2, 0) is 10.2 Å². The van der Waals surface area contributed by atoms with Crippen LogP contribution in [0.3, 0.4) is 0 Å². The second kappa shape index (κ2) is 4.20. The molecule has 0 atom stereocenters. The summed E-state index contributed by atoms with van der Waals surface area (Å²) in [6, 6.07) is 0.161. The Morgan fingerprint density at radius 2 is 1.92 bits per heavy atom. The Balaban J connectivity index is 2.38. The Kier molecular flexibility index (Phi) is 3.49. The van der Waals surface area contributed by atoms with Gasteiger partial charge in [0.15, 0.2) is 0 Å². The van der Waals surface area contributed by atoms with Crippen molar-refractivity contribution in [2.24, 2.45) is 0 Å². The molecule has 0 bridgehead atoms. The van der Waals surface area contributed by atoms with Gasteiger partial charge in [-0.1, -0.05) is 19.8 Å². The zero-order valence-electron chi connectivity index (χ0n) is 7.34. The number of rotatable bonds is 4. The molecular formula is C7H16N2O2S. The van der Waals surface area contributed by atoms with Gasteiger partial charge < -0.3 is 0 Å². The molecule has 1 fully saturated rings. The summed E-state index contributed by atoms with van der Waals surface area (Å²) in [5, 5.41) is 0. The van der Waals surface area contributed by atoms with E-state index in [0.29, 0.717) is 6.54 Å². The molecule has 4 nitrogen and oxygen atoms in total. The zero-order valence-corrected chi connectivity index (χ0v) is 8.15. The summed E-state index contributed by atoms with van der Waals surface area (Å²) >= 11 is 0. The molecule has 0 amide bonds. The Labute approximate surface area is 73.9 Å². The van der Waals surface area contributed by atoms with E-state index in [9.17, 15) is 8.42 Å². The molecule has 1 aliphatic rings. The molecular weight excluding hydrogens is 176 g/mol. The van der Waals surface area contributed by atoms with Gasteiger partial charge >= 0.3 is 0 Å². The predicted octanol–water partition coefficient (Wildman–Crippen LogP) is 0.373. The average molecular weight is 192 g/mol. The van der Waals surface area contributed by atoms with Crippen molar-refractivity contribution in [1.29, 1.82) is 0 Å². The monoisotopic (exact) mass is 192 g/mol. The summed E-state index contributed by atoms with van der Waals surface area (Å²) < 4.78 is 27.4. The largest absolute Gasteiger partial charge is 0.277 e. The molecule has 1 aliphatic carbocycles. The lowest BCUT2D eigenvalue weighted by molar-refractivity contribution is 0.541. The van der Waals surface area contributed by atoms with Crippen molar-refractivity contribution in [3.63, 3.8) is 0 Å². The number of nitrogens with one attached hydrogen (secondary N) is 2. The van der Waals surface area contributed by atoms with Crippen LogP contribution in [0.25, 0.3) is 0 Å². The van der Waals surface area contributed by atoms with Gasteiger partial charge in [-0.05, 0) is 12.8 Å². The molecule has 1 saturated carbocycles. The van der Waals surface area contributed by atoms with Crippen molar-refractivity contribution in [3.05, 3.63) is 0 Å². The van der Waals surface area contributed by atoms with Crippen molar-refractivity contribution < 1.29 is 8.42 Å². The van der Waals surface area contributed by atoms with E-state index in [1.165, 1.54) is 0 Å². The van der Waals surface area contributed by atoms with Crippen molar-refractivity contribution in [1.82, 2.24) is 9.44 Å². The topological polar surface area (TPSA) is 58.2 Å². The van der Waals surface area contributed by atoms with Gasteiger partial charge in [-0.2, -0.15) is 13.1 Å². The molecule has 5 heteroatoms. The Morgan fingerprint density at radius 3 is 2.42 bits per heavy atom. The fraction of sp³-hybridized carbons (Fsp3) is 1.00. The van der Waals surface area contributed by atoms with Crippen LogP contribution in [0.15, 0.2) is 0 Å². The van der Waals surface area contributed by atoms with Crippen LogP contribution in [0.5, 0.6) is 0 Å². The minimum Gasteiger partial charge on any atom is -0.203 e. The fourth-order valence-electron chi connectivity index (χ4n) is 1.49. The first-order chi connectivity index (χ1) is 5.64. The van der Waals surface area contributed by atoms with Crippen LogP contribution in [0.2, 0.25) is 0 Å². The maximum Gasteiger partial charge on any atom is 0.277 e. The Bertz CT molecular complexity index is 220. The maximum atomic E-state index is 11.2. The van der Waals surface area contributed by atoms with Gasteiger partial charge in [-0.25, -0.2) is 4.72 Å². The second-order valence-corrected chi connectivity index (χ2v) is 4.63. The standard InChI is InChI=1S/C7H16N2O2S/c1-2-8-12(10,11)9-7-5-3-4-6-7/h7-9H,2-6H2,1H3. The maximum absolute atomic E-state index is 11.2. The molecule has 0 aliphatic heterocycles. The third kappa shape index (κ3) is 3.08. The Morgan fingerprint density at radius 1 is 1.33 bits per heavy atom. The summed E-state index contributed by atoms with van der Waals surface area (Å²) in [6.07, 6.45) is 4.23. The van der Waals surface area contributed by atoms with E-state index < -0.39 is 10.2 Å². The number of hydrogen-bond donors (Lipinski definition) is 2. The highest BCUT2D eigenvalue weighted by molar-refractivity contribution is 7.87. The molecule has 72 valence electrons. The third-order valence-electron chi connectivity index (χ3n) is 2.01. The van der Waals surface area contributed by atoms with E-state index in [1.54, 1.807) is 6.92 Å². The fourth-order valence-corrected chi connectivity index (χ4v) is 2.63. The quantitative estimate of drug-likeness (QED) is 0.676. The highest BCUT2D eigenvalue weighted by Gasteiger charge is 2.19. The summed E-state index contributed by atoms with van der Waals surface area (Å²) in [4.78, 5) is 0. The van der Waals surface area contributed by atoms with E-state index in [2.05, 4.69) is 9.44 Å². The van der Waals surface area contributed by atoms with Gasteiger partial charge in [0.2, 0.25) is 0 Å². The molecule has 0 saturated heterocycles. The van der Waals surface area contributed by atoms with E-state index in [4.69, 9.17) is 0 Å². The van der Waals surface area contributed by atoms with Gasteiger partial charge in [0, 0.05) is 12.6 Å². The molecule has 0 unspecified atom stereocenters. The Hall–Kier alpha value is -0.130. The molecule has 0 spiro atoms. The predicted molar refractivity (Wildman–Crippen MR) is 48.0 cm³/mol. The lowest BCUT2D eigenvalue weighted by atomic mass is 10.3. The molecule has 0 heterocycles. The first-order valence-electron chi connectivity index (χ1n) is 4.41. The molecule has 2 N–H and O–H groups in total. The van der Waals surface area contributed by atoms with Crippen LogP contribution >= 0.6 is 0 Å². The highest BCUT2D eigenvalue weighted by atomic mass is 32.2. The molecule has 0 aromatic rings. The normalized spacial score (nSPS) is 20.1. The van der Waals surface area contributed by atoms with E-state index in [0.717, 1.165) is 25.7 Å². The van der Waals surface area contributed by atoms with Gasteiger partial charge in [0.1, 0.15) is 0 Å². The SMILES string of the molecule is CCNS(=O)(=O)NC1CCCC1. The smallest absolute Gasteiger partial charge is 0.203 e. The first kappa shape index (κ1) is 9.95. The third-order valence-corrected chi connectivity index (χ3v) is 3.32. The summed E-state index contributed by atoms with van der Waals surface area (Å²) in [5.74, 6) is 0. The van der Waals surface area contributed by atoms with Crippen molar-refractivity contribution in [3.8, 4) is 0 Å². The van der Waals surface area contributed by atoms with Gasteiger partial charge in [-0.15, -0.1) is 0 Å². The summed E-state index contributed by atoms with van der Waals surface area (Å²) in [6.45, 7) is 2.22. The molecule has 1 rings (SSSR count). The van der Waals surface area contributed by atoms with Crippen molar-refractivity contribution in [2.75, 3.05) is 6.54 Å². The minimum absolute atomic E-state index is 0.161. The van der Waals surface area contributed by atoms with Gasteiger partial charge in [-0.3, -0.25) is 0 Å².